The first-order valence-electron chi connectivity index (χ1n) is 3.56. The van der Waals surface area contributed by atoms with Crippen molar-refractivity contribution in [1.82, 2.24) is 4.90 Å². The van der Waals surface area contributed by atoms with E-state index < -0.39 is 0 Å². The number of nitrogens with zero attached hydrogens (tertiary/aromatic N) is 1. The van der Waals surface area contributed by atoms with Crippen LogP contribution in [-0.4, -0.2) is 30.3 Å². The van der Waals surface area contributed by atoms with E-state index >= 15 is 0 Å². The lowest BCUT2D eigenvalue weighted by Gasteiger charge is -2.16. The molecule has 56 valence electrons. The van der Waals surface area contributed by atoms with Gasteiger partial charge in [-0.3, -0.25) is 9.69 Å². The van der Waals surface area contributed by atoms with Crippen molar-refractivity contribution in [1.29, 1.82) is 0 Å². The van der Waals surface area contributed by atoms with Crippen molar-refractivity contribution in [2.45, 2.75) is 19.4 Å². The Balaban J connectivity index is 2.40. The van der Waals surface area contributed by atoms with Gasteiger partial charge >= 0.3 is 0 Å². The minimum atomic E-state index is 0.267. The lowest BCUT2D eigenvalue weighted by atomic mass is 10.1. The van der Waals surface area contributed by atoms with Crippen molar-refractivity contribution in [2.24, 2.45) is 0 Å². The summed E-state index contributed by atoms with van der Waals surface area (Å²) in [4.78, 5) is 12.9. The third-order valence-electron chi connectivity index (χ3n) is 1.81. The first-order chi connectivity index (χ1) is 4.70. The van der Waals surface area contributed by atoms with E-state index in [0.717, 1.165) is 6.54 Å². The Labute approximate surface area is 61.5 Å². The molecule has 0 amide bonds. The summed E-state index contributed by atoms with van der Waals surface area (Å²) in [7, 11) is 2.04. The van der Waals surface area contributed by atoms with Crippen molar-refractivity contribution in [3.63, 3.8) is 0 Å². The van der Waals surface area contributed by atoms with Gasteiger partial charge in [-0.2, -0.15) is 0 Å². The zero-order valence-electron chi connectivity index (χ0n) is 6.50. The predicted octanol–water partition coefficient (Wildman–Crippen LogP) is 0.836. The number of carbonyl (C=O) groups excluding carboxylic acids is 1. The number of hydrogen-bond donors (Lipinski definition) is 0. The van der Waals surface area contributed by atoms with Crippen LogP contribution in [0.2, 0.25) is 0 Å². The number of ketones is 1. The molecule has 0 N–H and O–H groups in total. The maximum absolute atomic E-state index is 10.7. The Morgan fingerprint density at radius 2 is 2.50 bits per heavy atom. The molecule has 1 aliphatic heterocycles. The third-order valence-corrected chi connectivity index (χ3v) is 1.81. The quantitative estimate of drug-likeness (QED) is 0.528. The summed E-state index contributed by atoms with van der Waals surface area (Å²) in [5.41, 5.74) is 0. The van der Waals surface area contributed by atoms with Gasteiger partial charge in [-0.15, -0.1) is 0 Å². The summed E-state index contributed by atoms with van der Waals surface area (Å²) >= 11 is 0. The summed E-state index contributed by atoms with van der Waals surface area (Å²) < 4.78 is 0. The number of Topliss-reactive ketones (excluding diaryl/α,β-unsaturated/α-hetero) is 1. The van der Waals surface area contributed by atoms with Gasteiger partial charge in [0, 0.05) is 19.0 Å². The number of rotatable bonds is 2. The molecule has 1 atom stereocenters. The van der Waals surface area contributed by atoms with Crippen LogP contribution in [0.5, 0.6) is 0 Å². The molecule has 0 aromatic carbocycles. The molecule has 0 saturated heterocycles. The Hall–Kier alpha value is -0.630. The fraction of sp³-hybridized carbons (Fsp3) is 0.625. The number of likely N-dealkylation sites (N-methyl/N-ethyl adjacent to an activating group) is 1. The molecule has 2 heteroatoms. The van der Waals surface area contributed by atoms with E-state index in [-0.39, 0.29) is 5.78 Å². The lowest BCUT2D eigenvalue weighted by Crippen LogP contribution is -2.27. The first-order valence-corrected chi connectivity index (χ1v) is 3.56. The second kappa shape index (κ2) is 2.97. The average Bonchev–Trinajstić information content (AvgIpc) is 2.15. The maximum Gasteiger partial charge on any atom is 0.131 e. The van der Waals surface area contributed by atoms with Crippen molar-refractivity contribution in [2.75, 3.05) is 13.6 Å². The van der Waals surface area contributed by atoms with E-state index in [4.69, 9.17) is 0 Å². The van der Waals surface area contributed by atoms with Crippen LogP contribution in [0.15, 0.2) is 12.2 Å². The fourth-order valence-corrected chi connectivity index (χ4v) is 1.18. The summed E-state index contributed by atoms with van der Waals surface area (Å²) in [6, 6.07) is 0.359. The van der Waals surface area contributed by atoms with Crippen LogP contribution in [0.4, 0.5) is 0 Å². The fourth-order valence-electron chi connectivity index (χ4n) is 1.18. The molecule has 1 rings (SSSR count). The summed E-state index contributed by atoms with van der Waals surface area (Å²) in [6.45, 7) is 2.62. The summed E-state index contributed by atoms with van der Waals surface area (Å²) in [5, 5.41) is 0. The van der Waals surface area contributed by atoms with Gasteiger partial charge in [-0.05, 0) is 14.0 Å². The Bertz CT molecular complexity index is 163. The van der Waals surface area contributed by atoms with Crippen LogP contribution in [-0.2, 0) is 4.79 Å². The molecule has 0 aromatic rings. The molecule has 2 nitrogen and oxygen atoms in total. The van der Waals surface area contributed by atoms with Gasteiger partial charge in [0.2, 0.25) is 0 Å². The monoisotopic (exact) mass is 139 g/mol. The Morgan fingerprint density at radius 1 is 1.80 bits per heavy atom. The average molecular weight is 139 g/mol. The topological polar surface area (TPSA) is 20.3 Å². The van der Waals surface area contributed by atoms with Crippen LogP contribution < -0.4 is 0 Å². The highest BCUT2D eigenvalue weighted by Gasteiger charge is 2.16. The van der Waals surface area contributed by atoms with Crippen LogP contribution in [0.3, 0.4) is 0 Å². The zero-order valence-corrected chi connectivity index (χ0v) is 6.50. The SMILES string of the molecule is CC(=O)CC1C=CCN1C. The van der Waals surface area contributed by atoms with Crippen molar-refractivity contribution >= 4 is 5.78 Å². The van der Waals surface area contributed by atoms with E-state index in [1.807, 2.05) is 7.05 Å². The van der Waals surface area contributed by atoms with Crippen LogP contribution in [0.25, 0.3) is 0 Å². The van der Waals surface area contributed by atoms with Gasteiger partial charge in [0.05, 0.1) is 0 Å². The van der Waals surface area contributed by atoms with Crippen molar-refractivity contribution in [3.05, 3.63) is 12.2 Å². The molecular weight excluding hydrogens is 126 g/mol. The van der Waals surface area contributed by atoms with Crippen molar-refractivity contribution in [3.8, 4) is 0 Å². The van der Waals surface area contributed by atoms with Gasteiger partial charge in [0.1, 0.15) is 5.78 Å². The molecule has 1 heterocycles. The largest absolute Gasteiger partial charge is 0.300 e. The molecule has 1 aliphatic rings. The summed E-state index contributed by atoms with van der Waals surface area (Å²) in [5.74, 6) is 0.267. The van der Waals surface area contributed by atoms with Gasteiger partial charge in [-0.1, -0.05) is 12.2 Å². The van der Waals surface area contributed by atoms with Gasteiger partial charge in [-0.25, -0.2) is 0 Å². The van der Waals surface area contributed by atoms with E-state index in [9.17, 15) is 4.79 Å². The molecule has 0 bridgehead atoms. The van der Waals surface area contributed by atoms with Gasteiger partial charge in [0.25, 0.3) is 0 Å². The highest BCUT2D eigenvalue weighted by atomic mass is 16.1. The Kier molecular flexibility index (Phi) is 2.22. The molecule has 0 radical (unpaired) electrons. The summed E-state index contributed by atoms with van der Waals surface area (Å²) in [6.07, 6.45) is 4.86. The molecule has 1 unspecified atom stereocenters. The smallest absolute Gasteiger partial charge is 0.131 e. The number of carbonyl (C=O) groups is 1. The van der Waals surface area contributed by atoms with Gasteiger partial charge < -0.3 is 0 Å². The normalized spacial score (nSPS) is 25.6. The maximum atomic E-state index is 10.7. The minimum absolute atomic E-state index is 0.267. The minimum Gasteiger partial charge on any atom is -0.300 e. The molecule has 0 aliphatic carbocycles. The van der Waals surface area contributed by atoms with E-state index in [1.165, 1.54) is 0 Å². The van der Waals surface area contributed by atoms with Crippen LogP contribution in [0, 0.1) is 0 Å². The molecule has 0 fully saturated rings. The van der Waals surface area contributed by atoms with Crippen molar-refractivity contribution < 1.29 is 4.79 Å². The second-order valence-electron chi connectivity index (χ2n) is 2.84. The van der Waals surface area contributed by atoms with Crippen LogP contribution in [0.1, 0.15) is 13.3 Å². The van der Waals surface area contributed by atoms with Crippen LogP contribution >= 0.6 is 0 Å². The lowest BCUT2D eigenvalue weighted by molar-refractivity contribution is -0.117. The van der Waals surface area contributed by atoms with Gasteiger partial charge in [0.15, 0.2) is 0 Å². The zero-order chi connectivity index (χ0) is 7.56. The van der Waals surface area contributed by atoms with E-state index in [2.05, 4.69) is 17.1 Å². The number of hydrogen-bond acceptors (Lipinski definition) is 2. The van der Waals surface area contributed by atoms with E-state index in [0.29, 0.717) is 12.5 Å². The molecule has 0 aromatic heterocycles. The standard InChI is InChI=1S/C8H13NO/c1-7(10)6-8-4-3-5-9(8)2/h3-4,8H,5-6H2,1-2H3. The first kappa shape index (κ1) is 7.48. The Morgan fingerprint density at radius 3 is 2.90 bits per heavy atom. The molecule has 0 saturated carbocycles. The third kappa shape index (κ3) is 1.67. The predicted molar refractivity (Wildman–Crippen MR) is 40.9 cm³/mol. The second-order valence-corrected chi connectivity index (χ2v) is 2.84. The molecule has 0 spiro atoms. The highest BCUT2D eigenvalue weighted by molar-refractivity contribution is 5.76. The van der Waals surface area contributed by atoms with E-state index in [1.54, 1.807) is 6.92 Å². The molecule has 10 heavy (non-hydrogen) atoms. The highest BCUT2D eigenvalue weighted by Crippen LogP contribution is 2.10. The molecular formula is C8H13NO.